The SMILES string of the molecule is CCOCCOCC(N)N.Cl.Cl. The lowest BCUT2D eigenvalue weighted by Gasteiger charge is -2.06. The van der Waals surface area contributed by atoms with Gasteiger partial charge in [-0.05, 0) is 6.92 Å². The highest BCUT2D eigenvalue weighted by molar-refractivity contribution is 5.85. The second-order valence-electron chi connectivity index (χ2n) is 1.94. The van der Waals surface area contributed by atoms with Crippen LogP contribution in [0.4, 0.5) is 0 Å². The van der Waals surface area contributed by atoms with Crippen LogP contribution < -0.4 is 11.5 Å². The van der Waals surface area contributed by atoms with Crippen molar-refractivity contribution in [3.05, 3.63) is 0 Å². The summed E-state index contributed by atoms with van der Waals surface area (Å²) < 4.78 is 10.0. The molecule has 0 radical (unpaired) electrons. The molecule has 4 N–H and O–H groups in total. The Balaban J connectivity index is -0.000000405. The van der Waals surface area contributed by atoms with Crippen molar-refractivity contribution in [3.63, 3.8) is 0 Å². The molecule has 0 aromatic carbocycles. The molecule has 0 unspecified atom stereocenters. The van der Waals surface area contributed by atoms with Crippen LogP contribution in [0.1, 0.15) is 6.92 Å². The molecule has 0 fully saturated rings. The first-order chi connectivity index (χ1) is 4.77. The average molecular weight is 221 g/mol. The molecular weight excluding hydrogens is 203 g/mol. The first-order valence-corrected chi connectivity index (χ1v) is 3.44. The fraction of sp³-hybridized carbons (Fsp3) is 1.00. The van der Waals surface area contributed by atoms with E-state index in [0.717, 1.165) is 6.61 Å². The van der Waals surface area contributed by atoms with Gasteiger partial charge in [0.25, 0.3) is 0 Å². The summed E-state index contributed by atoms with van der Waals surface area (Å²) in [4.78, 5) is 0. The highest BCUT2D eigenvalue weighted by Crippen LogP contribution is 1.77. The molecule has 78 valence electrons. The largest absolute Gasteiger partial charge is 0.379 e. The third-order valence-electron chi connectivity index (χ3n) is 0.886. The molecule has 0 rings (SSSR count). The van der Waals surface area contributed by atoms with Gasteiger partial charge in [0.05, 0.1) is 26.0 Å². The second-order valence-corrected chi connectivity index (χ2v) is 1.94. The number of hydrogen-bond donors (Lipinski definition) is 2. The lowest BCUT2D eigenvalue weighted by Crippen LogP contribution is -2.35. The molecule has 0 bridgehead atoms. The molecule has 0 aromatic rings. The summed E-state index contributed by atoms with van der Waals surface area (Å²) in [5.41, 5.74) is 10.4. The summed E-state index contributed by atoms with van der Waals surface area (Å²) in [6, 6.07) is 0. The van der Waals surface area contributed by atoms with Gasteiger partial charge in [-0.25, -0.2) is 0 Å². The van der Waals surface area contributed by atoms with Gasteiger partial charge in [0.15, 0.2) is 0 Å². The summed E-state index contributed by atoms with van der Waals surface area (Å²) >= 11 is 0. The fourth-order valence-corrected chi connectivity index (χ4v) is 0.482. The van der Waals surface area contributed by atoms with Gasteiger partial charge < -0.3 is 20.9 Å². The van der Waals surface area contributed by atoms with Gasteiger partial charge in [-0.3, -0.25) is 0 Å². The minimum Gasteiger partial charge on any atom is -0.379 e. The molecule has 12 heavy (non-hydrogen) atoms. The van der Waals surface area contributed by atoms with Crippen molar-refractivity contribution in [3.8, 4) is 0 Å². The molecule has 0 saturated carbocycles. The molecule has 0 spiro atoms. The normalized spacial score (nSPS) is 9.00. The standard InChI is InChI=1S/C6H16N2O2.2ClH/c1-2-9-3-4-10-5-6(7)8;;/h6H,2-5,7-8H2,1H3;2*1H. The maximum atomic E-state index is 5.22. The Hall–Kier alpha value is 0.420. The lowest BCUT2D eigenvalue weighted by atomic mass is 10.6. The lowest BCUT2D eigenvalue weighted by molar-refractivity contribution is 0.0479. The average Bonchev–Trinajstić information content (AvgIpc) is 1.87. The van der Waals surface area contributed by atoms with Crippen molar-refractivity contribution < 1.29 is 9.47 Å². The van der Waals surface area contributed by atoms with E-state index in [0.29, 0.717) is 19.8 Å². The smallest absolute Gasteiger partial charge is 0.0762 e. The number of hydrogen-bond acceptors (Lipinski definition) is 4. The predicted molar refractivity (Wildman–Crippen MR) is 54.0 cm³/mol. The Morgan fingerprint density at radius 2 is 1.58 bits per heavy atom. The van der Waals surface area contributed by atoms with E-state index in [1.54, 1.807) is 0 Å². The van der Waals surface area contributed by atoms with Crippen LogP contribution in [-0.4, -0.2) is 32.6 Å². The number of ether oxygens (including phenoxy) is 2. The maximum absolute atomic E-state index is 5.22. The van der Waals surface area contributed by atoms with Crippen molar-refractivity contribution in [1.29, 1.82) is 0 Å². The minimum absolute atomic E-state index is 0. The van der Waals surface area contributed by atoms with Gasteiger partial charge in [-0.1, -0.05) is 0 Å². The van der Waals surface area contributed by atoms with Crippen molar-refractivity contribution in [2.24, 2.45) is 11.5 Å². The van der Waals surface area contributed by atoms with Crippen LogP contribution in [0.2, 0.25) is 0 Å². The van der Waals surface area contributed by atoms with Crippen molar-refractivity contribution in [2.75, 3.05) is 26.4 Å². The zero-order valence-corrected chi connectivity index (χ0v) is 8.83. The highest BCUT2D eigenvalue weighted by atomic mass is 35.5. The first-order valence-electron chi connectivity index (χ1n) is 3.44. The molecule has 0 atom stereocenters. The van der Waals surface area contributed by atoms with E-state index in [1.165, 1.54) is 0 Å². The topological polar surface area (TPSA) is 70.5 Å². The Morgan fingerprint density at radius 1 is 1.08 bits per heavy atom. The summed E-state index contributed by atoms with van der Waals surface area (Å²) in [5.74, 6) is 0. The molecule has 0 aliphatic heterocycles. The molecule has 0 saturated heterocycles. The quantitative estimate of drug-likeness (QED) is 0.494. The van der Waals surface area contributed by atoms with E-state index in [2.05, 4.69) is 0 Å². The summed E-state index contributed by atoms with van der Waals surface area (Å²) in [6.45, 7) is 4.24. The molecule has 6 heteroatoms. The van der Waals surface area contributed by atoms with Crippen LogP contribution in [0.15, 0.2) is 0 Å². The van der Waals surface area contributed by atoms with Crippen molar-refractivity contribution in [2.45, 2.75) is 13.1 Å². The van der Waals surface area contributed by atoms with Crippen molar-refractivity contribution >= 4 is 24.8 Å². The van der Waals surface area contributed by atoms with Gasteiger partial charge in [0.1, 0.15) is 0 Å². The summed E-state index contributed by atoms with van der Waals surface area (Å²) in [6.07, 6.45) is -0.373. The molecule has 0 aliphatic rings. The van der Waals surface area contributed by atoms with Gasteiger partial charge in [-0.2, -0.15) is 0 Å². The summed E-state index contributed by atoms with van der Waals surface area (Å²) in [7, 11) is 0. The van der Waals surface area contributed by atoms with Crippen LogP contribution in [0.5, 0.6) is 0 Å². The van der Waals surface area contributed by atoms with E-state index >= 15 is 0 Å². The predicted octanol–water partition coefficient (Wildman–Crippen LogP) is 0.127. The van der Waals surface area contributed by atoms with E-state index in [-0.39, 0.29) is 31.0 Å². The van der Waals surface area contributed by atoms with Crippen LogP contribution in [-0.2, 0) is 9.47 Å². The van der Waals surface area contributed by atoms with E-state index in [1.807, 2.05) is 6.92 Å². The molecule has 0 aliphatic carbocycles. The van der Waals surface area contributed by atoms with E-state index in [9.17, 15) is 0 Å². The Morgan fingerprint density at radius 3 is 2.00 bits per heavy atom. The van der Waals surface area contributed by atoms with E-state index < -0.39 is 0 Å². The van der Waals surface area contributed by atoms with Crippen LogP contribution in [0, 0.1) is 0 Å². The minimum atomic E-state index is -0.373. The number of rotatable bonds is 6. The summed E-state index contributed by atoms with van der Waals surface area (Å²) in [5, 5.41) is 0. The van der Waals surface area contributed by atoms with Gasteiger partial charge >= 0.3 is 0 Å². The monoisotopic (exact) mass is 220 g/mol. The van der Waals surface area contributed by atoms with Gasteiger partial charge in [0.2, 0.25) is 0 Å². The number of nitrogens with two attached hydrogens (primary N) is 2. The molecule has 4 nitrogen and oxygen atoms in total. The van der Waals surface area contributed by atoms with Gasteiger partial charge in [-0.15, -0.1) is 24.8 Å². The van der Waals surface area contributed by atoms with Crippen molar-refractivity contribution in [1.82, 2.24) is 0 Å². The second kappa shape index (κ2) is 14.0. The fourth-order valence-electron chi connectivity index (χ4n) is 0.482. The molecule has 0 amide bonds. The van der Waals surface area contributed by atoms with Gasteiger partial charge in [0, 0.05) is 6.61 Å². The van der Waals surface area contributed by atoms with E-state index in [4.69, 9.17) is 20.9 Å². The van der Waals surface area contributed by atoms with Crippen LogP contribution in [0.25, 0.3) is 0 Å². The zero-order chi connectivity index (χ0) is 7.82. The molecule has 0 aromatic heterocycles. The van der Waals surface area contributed by atoms with Crippen LogP contribution >= 0.6 is 24.8 Å². The first kappa shape index (κ1) is 18.3. The number of halogens is 2. The molecular formula is C6H18Cl2N2O2. The maximum Gasteiger partial charge on any atom is 0.0762 e. The zero-order valence-electron chi connectivity index (χ0n) is 7.19. The third kappa shape index (κ3) is 16.8. The Labute approximate surface area is 85.8 Å². The third-order valence-corrected chi connectivity index (χ3v) is 0.886. The highest BCUT2D eigenvalue weighted by Gasteiger charge is 1.92. The molecule has 0 heterocycles. The van der Waals surface area contributed by atoms with Crippen LogP contribution in [0.3, 0.4) is 0 Å². The Bertz CT molecular complexity index is 76.6. The Kier molecular flexibility index (Phi) is 21.3.